The molecule has 0 spiro atoms. The number of hydrogen-bond acceptors (Lipinski definition) is 6. The molecule has 0 N–H and O–H groups in total. The normalized spacial score (nSPS) is 15.1. The van der Waals surface area contributed by atoms with Gasteiger partial charge in [-0.2, -0.15) is 5.10 Å². The molecule has 4 rings (SSSR count). The van der Waals surface area contributed by atoms with Crippen molar-refractivity contribution in [3.05, 3.63) is 74.2 Å². The molecule has 31 heavy (non-hydrogen) atoms. The predicted octanol–water partition coefficient (Wildman–Crippen LogP) is 3.75. The Morgan fingerprint density at radius 1 is 1.16 bits per heavy atom. The lowest BCUT2D eigenvalue weighted by atomic mass is 10.1. The van der Waals surface area contributed by atoms with Crippen LogP contribution < -0.4 is 0 Å². The lowest BCUT2D eigenvalue weighted by Crippen LogP contribution is -2.35. The molecular weight excluding hydrogens is 414 g/mol. The summed E-state index contributed by atoms with van der Waals surface area (Å²) < 4.78 is 1.71. The summed E-state index contributed by atoms with van der Waals surface area (Å²) in [5.74, 6) is 0.00276. The minimum absolute atomic E-state index is 0.00276. The lowest BCUT2D eigenvalue weighted by Gasteiger charge is -2.22. The number of hydrogen-bond donors (Lipinski definition) is 0. The second kappa shape index (κ2) is 9.40. The molecule has 1 aliphatic heterocycles. The van der Waals surface area contributed by atoms with Gasteiger partial charge in [-0.15, -0.1) is 11.3 Å². The van der Waals surface area contributed by atoms with E-state index in [1.165, 1.54) is 17.0 Å². The third-order valence-electron chi connectivity index (χ3n) is 5.57. The predicted molar refractivity (Wildman–Crippen MR) is 120 cm³/mol. The number of nitro groups is 1. The van der Waals surface area contributed by atoms with Crippen molar-refractivity contribution in [2.24, 2.45) is 0 Å². The van der Waals surface area contributed by atoms with Gasteiger partial charge in [0, 0.05) is 49.7 Å². The third kappa shape index (κ3) is 4.67. The van der Waals surface area contributed by atoms with Crippen LogP contribution in [0.1, 0.15) is 34.3 Å². The molecule has 3 aromatic rings. The van der Waals surface area contributed by atoms with Crippen molar-refractivity contribution < 1.29 is 9.72 Å². The molecule has 3 heterocycles. The van der Waals surface area contributed by atoms with E-state index in [9.17, 15) is 14.9 Å². The summed E-state index contributed by atoms with van der Waals surface area (Å²) in [5.41, 5.74) is 2.16. The highest BCUT2D eigenvalue weighted by Gasteiger charge is 2.25. The Morgan fingerprint density at radius 3 is 2.65 bits per heavy atom. The van der Waals surface area contributed by atoms with Gasteiger partial charge < -0.3 is 4.90 Å². The number of benzene rings is 1. The Kier molecular flexibility index (Phi) is 6.43. The topological polar surface area (TPSA) is 84.5 Å². The maximum atomic E-state index is 13.3. The molecule has 2 aromatic heterocycles. The average Bonchev–Trinajstić information content (AvgIpc) is 3.39. The molecule has 0 aliphatic carbocycles. The summed E-state index contributed by atoms with van der Waals surface area (Å²) >= 11 is 1.76. The zero-order chi connectivity index (χ0) is 21.8. The summed E-state index contributed by atoms with van der Waals surface area (Å²) in [6.07, 6.45) is 3.20. The fourth-order valence-electron chi connectivity index (χ4n) is 3.96. The highest BCUT2D eigenvalue weighted by atomic mass is 32.1. The van der Waals surface area contributed by atoms with Crippen molar-refractivity contribution in [2.45, 2.75) is 26.3 Å². The molecule has 0 unspecified atom stereocenters. The van der Waals surface area contributed by atoms with Gasteiger partial charge in [-0.3, -0.25) is 19.8 Å². The zero-order valence-electron chi connectivity index (χ0n) is 17.4. The van der Waals surface area contributed by atoms with E-state index in [0.717, 1.165) is 38.3 Å². The monoisotopic (exact) mass is 439 g/mol. The number of carbonyl (C=O) groups excluding carboxylic acids is 1. The SMILES string of the molecule is CCc1c(C(=O)N2CCCN(Cc3cccs3)CC2)cnn1-c1ccc([N+](=O)[O-])cc1. The molecule has 9 heteroatoms. The van der Waals surface area contributed by atoms with E-state index in [1.54, 1.807) is 34.3 Å². The molecule has 0 radical (unpaired) electrons. The minimum atomic E-state index is -0.427. The second-order valence-electron chi connectivity index (χ2n) is 7.55. The number of nitrogens with zero attached hydrogens (tertiary/aromatic N) is 5. The Labute approximate surface area is 184 Å². The summed E-state index contributed by atoms with van der Waals surface area (Å²) in [5, 5.41) is 17.4. The Balaban J connectivity index is 1.49. The third-order valence-corrected chi connectivity index (χ3v) is 6.44. The van der Waals surface area contributed by atoms with E-state index < -0.39 is 4.92 Å². The molecule has 1 amide bonds. The van der Waals surface area contributed by atoms with Crippen LogP contribution in [0, 0.1) is 10.1 Å². The molecule has 1 aromatic carbocycles. The van der Waals surface area contributed by atoms with Crippen LogP contribution >= 0.6 is 11.3 Å². The first-order chi connectivity index (χ1) is 15.1. The van der Waals surface area contributed by atoms with Gasteiger partial charge in [0.05, 0.1) is 28.1 Å². The summed E-state index contributed by atoms with van der Waals surface area (Å²) in [6.45, 7) is 6.16. The molecule has 1 aliphatic rings. The van der Waals surface area contributed by atoms with Crippen molar-refractivity contribution in [1.29, 1.82) is 0 Å². The molecule has 0 bridgehead atoms. The molecule has 1 saturated heterocycles. The van der Waals surface area contributed by atoms with Gasteiger partial charge in [0.25, 0.3) is 11.6 Å². The zero-order valence-corrected chi connectivity index (χ0v) is 18.3. The molecule has 0 atom stereocenters. The Morgan fingerprint density at radius 2 is 1.97 bits per heavy atom. The highest BCUT2D eigenvalue weighted by molar-refractivity contribution is 7.09. The summed E-state index contributed by atoms with van der Waals surface area (Å²) in [6, 6.07) is 10.4. The number of nitro benzene ring substituents is 1. The second-order valence-corrected chi connectivity index (χ2v) is 8.58. The minimum Gasteiger partial charge on any atom is -0.337 e. The molecule has 8 nitrogen and oxygen atoms in total. The van der Waals surface area contributed by atoms with Gasteiger partial charge in [-0.1, -0.05) is 13.0 Å². The van der Waals surface area contributed by atoms with Crippen molar-refractivity contribution in [3.63, 3.8) is 0 Å². The van der Waals surface area contributed by atoms with E-state index in [0.29, 0.717) is 24.2 Å². The Hall–Kier alpha value is -3.04. The number of carbonyl (C=O) groups is 1. The number of non-ortho nitro benzene ring substituents is 1. The fourth-order valence-corrected chi connectivity index (χ4v) is 4.70. The van der Waals surface area contributed by atoms with Gasteiger partial charge in [-0.05, 0) is 36.4 Å². The molecule has 162 valence electrons. The van der Waals surface area contributed by atoms with Gasteiger partial charge >= 0.3 is 0 Å². The maximum absolute atomic E-state index is 13.3. The average molecular weight is 440 g/mol. The first-order valence-corrected chi connectivity index (χ1v) is 11.3. The van der Waals surface area contributed by atoms with Crippen LogP contribution in [0.5, 0.6) is 0 Å². The van der Waals surface area contributed by atoms with Crippen molar-refractivity contribution >= 4 is 22.9 Å². The Bertz CT molecular complexity index is 1050. The van der Waals surface area contributed by atoms with Gasteiger partial charge in [0.1, 0.15) is 0 Å². The van der Waals surface area contributed by atoms with Crippen molar-refractivity contribution in [3.8, 4) is 5.69 Å². The maximum Gasteiger partial charge on any atom is 0.269 e. The van der Waals surface area contributed by atoms with E-state index in [-0.39, 0.29) is 11.6 Å². The molecule has 0 saturated carbocycles. The molecular formula is C22H25N5O3S. The van der Waals surface area contributed by atoms with Crippen LogP contribution in [0.25, 0.3) is 5.69 Å². The number of amides is 1. The van der Waals surface area contributed by atoms with Gasteiger partial charge in [-0.25, -0.2) is 4.68 Å². The van der Waals surface area contributed by atoms with Crippen LogP contribution in [0.15, 0.2) is 48.0 Å². The van der Waals surface area contributed by atoms with Crippen molar-refractivity contribution in [2.75, 3.05) is 26.2 Å². The van der Waals surface area contributed by atoms with E-state index >= 15 is 0 Å². The van der Waals surface area contributed by atoms with E-state index in [2.05, 4.69) is 27.5 Å². The van der Waals surface area contributed by atoms with Crippen LogP contribution in [0.2, 0.25) is 0 Å². The summed E-state index contributed by atoms with van der Waals surface area (Å²) in [7, 11) is 0. The summed E-state index contributed by atoms with van der Waals surface area (Å²) in [4.78, 5) is 29.5. The number of aromatic nitrogens is 2. The lowest BCUT2D eigenvalue weighted by molar-refractivity contribution is -0.384. The van der Waals surface area contributed by atoms with E-state index in [4.69, 9.17) is 0 Å². The number of thiophene rings is 1. The molecule has 1 fully saturated rings. The van der Waals surface area contributed by atoms with Crippen molar-refractivity contribution in [1.82, 2.24) is 19.6 Å². The first kappa shape index (κ1) is 21.2. The standard InChI is InChI=1S/C22H25N5O3S/c1-2-21-20(15-23-26(21)17-6-8-18(9-7-17)27(29)30)22(28)25-11-4-10-24(12-13-25)16-19-5-3-14-31-19/h3,5-9,14-15H,2,4,10-13,16H2,1H3. The van der Waals surface area contributed by atoms with Crippen LogP contribution in [-0.4, -0.2) is 56.6 Å². The van der Waals surface area contributed by atoms with Gasteiger partial charge in [0.2, 0.25) is 0 Å². The van der Waals surface area contributed by atoms with Crippen LogP contribution in [-0.2, 0) is 13.0 Å². The smallest absolute Gasteiger partial charge is 0.269 e. The number of rotatable bonds is 6. The van der Waals surface area contributed by atoms with Gasteiger partial charge in [0.15, 0.2) is 0 Å². The first-order valence-electron chi connectivity index (χ1n) is 10.4. The largest absolute Gasteiger partial charge is 0.337 e. The fraction of sp³-hybridized carbons (Fsp3) is 0.364. The van der Waals surface area contributed by atoms with Crippen LogP contribution in [0.4, 0.5) is 5.69 Å². The highest BCUT2D eigenvalue weighted by Crippen LogP contribution is 2.21. The quantitative estimate of drug-likeness (QED) is 0.431. The van der Waals surface area contributed by atoms with E-state index in [1.807, 2.05) is 11.8 Å². The van der Waals surface area contributed by atoms with Crippen LogP contribution in [0.3, 0.4) is 0 Å².